The Balaban J connectivity index is 1.67. The standard InChI is InChI=1S/C27H29N5O5S/c1-17-9-10-20(16-23(17)38(34,35)31-11-13-37-14-12-31)24-25(30-32-19(3)15-18(2)28-26(24)32)27(33)29-21-7-5-6-8-22(21)36-4/h5-10,15-16H,11-14H2,1-4H3,(H,29,33). The van der Waals surface area contributed by atoms with Crippen molar-refractivity contribution >= 4 is 27.3 Å². The van der Waals surface area contributed by atoms with E-state index >= 15 is 0 Å². The monoisotopic (exact) mass is 535 g/mol. The average molecular weight is 536 g/mol. The van der Waals surface area contributed by atoms with Crippen LogP contribution >= 0.6 is 0 Å². The van der Waals surface area contributed by atoms with E-state index in [0.29, 0.717) is 47.0 Å². The number of hydrogen-bond acceptors (Lipinski definition) is 7. The molecule has 2 aromatic carbocycles. The first-order valence-electron chi connectivity index (χ1n) is 12.2. The summed E-state index contributed by atoms with van der Waals surface area (Å²) in [7, 11) is -2.25. The molecule has 4 aromatic rings. The quantitative estimate of drug-likeness (QED) is 0.401. The molecule has 0 unspecified atom stereocenters. The molecule has 1 amide bonds. The molecule has 11 heteroatoms. The van der Waals surface area contributed by atoms with Crippen LogP contribution in [0.5, 0.6) is 5.75 Å². The van der Waals surface area contributed by atoms with Crippen molar-refractivity contribution in [2.75, 3.05) is 38.7 Å². The first kappa shape index (κ1) is 25.8. The van der Waals surface area contributed by atoms with Gasteiger partial charge >= 0.3 is 0 Å². The van der Waals surface area contributed by atoms with Gasteiger partial charge in [-0.2, -0.15) is 9.40 Å². The lowest BCUT2D eigenvalue weighted by Crippen LogP contribution is -2.40. The molecule has 0 spiro atoms. The predicted octanol–water partition coefficient (Wildman–Crippen LogP) is 3.60. The van der Waals surface area contributed by atoms with E-state index in [1.165, 1.54) is 11.4 Å². The molecule has 1 aliphatic rings. The lowest BCUT2D eigenvalue weighted by molar-refractivity contribution is 0.0730. The Morgan fingerprint density at radius 1 is 1.05 bits per heavy atom. The van der Waals surface area contributed by atoms with E-state index in [2.05, 4.69) is 15.4 Å². The molecular weight excluding hydrogens is 506 g/mol. The van der Waals surface area contributed by atoms with Gasteiger partial charge in [-0.05, 0) is 56.2 Å². The van der Waals surface area contributed by atoms with Gasteiger partial charge < -0.3 is 14.8 Å². The number of benzene rings is 2. The van der Waals surface area contributed by atoms with Crippen molar-refractivity contribution in [1.29, 1.82) is 0 Å². The largest absolute Gasteiger partial charge is 0.495 e. The van der Waals surface area contributed by atoms with E-state index < -0.39 is 15.9 Å². The van der Waals surface area contributed by atoms with E-state index in [1.807, 2.05) is 26.0 Å². The highest BCUT2D eigenvalue weighted by molar-refractivity contribution is 7.89. The Morgan fingerprint density at radius 2 is 1.79 bits per heavy atom. The van der Waals surface area contributed by atoms with Gasteiger partial charge in [0.15, 0.2) is 11.3 Å². The molecule has 198 valence electrons. The fourth-order valence-corrected chi connectivity index (χ4v) is 6.29. The van der Waals surface area contributed by atoms with Gasteiger partial charge in [0.2, 0.25) is 10.0 Å². The zero-order chi connectivity index (χ0) is 27.0. The molecule has 0 saturated carbocycles. The average Bonchev–Trinajstić information content (AvgIpc) is 3.29. The number of rotatable bonds is 6. The van der Waals surface area contributed by atoms with Crippen molar-refractivity contribution in [2.24, 2.45) is 0 Å². The second-order valence-electron chi connectivity index (χ2n) is 9.15. The lowest BCUT2D eigenvalue weighted by atomic mass is 10.0. The van der Waals surface area contributed by atoms with Gasteiger partial charge in [0, 0.05) is 24.5 Å². The fourth-order valence-electron chi connectivity index (χ4n) is 4.63. The lowest BCUT2D eigenvalue weighted by Gasteiger charge is -2.26. The van der Waals surface area contributed by atoms with Crippen molar-refractivity contribution in [2.45, 2.75) is 25.7 Å². The number of fused-ring (bicyclic) bond motifs is 1. The normalized spacial score (nSPS) is 14.5. The maximum atomic E-state index is 13.6. The summed E-state index contributed by atoms with van der Waals surface area (Å²) in [6.07, 6.45) is 0. The third-order valence-electron chi connectivity index (χ3n) is 6.53. The van der Waals surface area contributed by atoms with E-state index in [-0.39, 0.29) is 23.7 Å². The summed E-state index contributed by atoms with van der Waals surface area (Å²) in [6, 6.07) is 14.1. The van der Waals surface area contributed by atoms with Gasteiger partial charge in [-0.25, -0.2) is 17.9 Å². The van der Waals surface area contributed by atoms with E-state index in [1.54, 1.807) is 47.8 Å². The summed E-state index contributed by atoms with van der Waals surface area (Å²) >= 11 is 0. The molecule has 0 radical (unpaired) electrons. The van der Waals surface area contributed by atoms with Crippen LogP contribution in [0.3, 0.4) is 0 Å². The van der Waals surface area contributed by atoms with Crippen LogP contribution in [0.25, 0.3) is 16.8 Å². The minimum atomic E-state index is -3.78. The van der Waals surface area contributed by atoms with Gasteiger partial charge in [0.1, 0.15) is 5.75 Å². The van der Waals surface area contributed by atoms with E-state index in [4.69, 9.17) is 9.47 Å². The summed E-state index contributed by atoms with van der Waals surface area (Å²) in [6.45, 7) is 6.77. The van der Waals surface area contributed by atoms with Crippen molar-refractivity contribution in [1.82, 2.24) is 18.9 Å². The third kappa shape index (κ3) is 4.64. The smallest absolute Gasteiger partial charge is 0.277 e. The van der Waals surface area contributed by atoms with Gasteiger partial charge in [0.25, 0.3) is 5.91 Å². The van der Waals surface area contributed by atoms with E-state index in [0.717, 1.165) is 11.4 Å². The number of carbonyl (C=O) groups is 1. The Morgan fingerprint density at radius 3 is 2.53 bits per heavy atom. The van der Waals surface area contributed by atoms with Gasteiger partial charge in [0.05, 0.1) is 36.5 Å². The van der Waals surface area contributed by atoms with Crippen LogP contribution in [-0.2, 0) is 14.8 Å². The van der Waals surface area contributed by atoms with Crippen molar-refractivity contribution in [3.05, 3.63) is 71.2 Å². The second-order valence-corrected chi connectivity index (χ2v) is 11.1. The van der Waals surface area contributed by atoms with Crippen LogP contribution in [0.2, 0.25) is 0 Å². The van der Waals surface area contributed by atoms with Crippen LogP contribution in [0, 0.1) is 20.8 Å². The van der Waals surface area contributed by atoms with Crippen molar-refractivity contribution < 1.29 is 22.7 Å². The molecule has 1 saturated heterocycles. The summed E-state index contributed by atoms with van der Waals surface area (Å²) < 4.78 is 40.9. The molecule has 38 heavy (non-hydrogen) atoms. The number of ether oxygens (including phenoxy) is 2. The molecule has 1 aliphatic heterocycles. The molecule has 5 rings (SSSR count). The Bertz CT molecular complexity index is 1640. The molecule has 0 atom stereocenters. The van der Waals surface area contributed by atoms with Gasteiger partial charge in [-0.3, -0.25) is 4.79 Å². The number of amides is 1. The Kier molecular flexibility index (Phi) is 6.91. The van der Waals surface area contributed by atoms with Crippen LogP contribution in [-0.4, -0.2) is 66.6 Å². The summed E-state index contributed by atoms with van der Waals surface area (Å²) in [4.78, 5) is 18.5. The van der Waals surface area contributed by atoms with Gasteiger partial charge in [-0.15, -0.1) is 0 Å². The molecule has 0 bridgehead atoms. The van der Waals surface area contributed by atoms with E-state index in [9.17, 15) is 13.2 Å². The molecule has 10 nitrogen and oxygen atoms in total. The number of sulfonamides is 1. The number of hydrogen-bond donors (Lipinski definition) is 1. The number of nitrogens with one attached hydrogen (secondary N) is 1. The zero-order valence-corrected chi connectivity index (χ0v) is 22.5. The minimum absolute atomic E-state index is 0.121. The number of anilines is 1. The number of aromatic nitrogens is 3. The molecule has 1 N–H and O–H groups in total. The first-order chi connectivity index (χ1) is 18.2. The molecule has 0 aliphatic carbocycles. The number of methoxy groups -OCH3 is 1. The maximum Gasteiger partial charge on any atom is 0.277 e. The van der Waals surface area contributed by atoms with Crippen LogP contribution in [0.1, 0.15) is 27.4 Å². The minimum Gasteiger partial charge on any atom is -0.495 e. The molecule has 1 fully saturated rings. The Labute approximate surface area is 221 Å². The second kappa shape index (κ2) is 10.2. The molecule has 3 heterocycles. The summed E-state index contributed by atoms with van der Waals surface area (Å²) in [5.41, 5.74) is 4.20. The number of nitrogens with zero attached hydrogens (tertiary/aromatic N) is 4. The highest BCUT2D eigenvalue weighted by atomic mass is 32.2. The van der Waals surface area contributed by atoms with Crippen LogP contribution in [0.15, 0.2) is 53.4 Å². The number of aryl methyl sites for hydroxylation is 3. The van der Waals surface area contributed by atoms with Crippen LogP contribution in [0.4, 0.5) is 5.69 Å². The first-order valence-corrected chi connectivity index (χ1v) is 13.6. The van der Waals surface area contributed by atoms with Gasteiger partial charge in [-0.1, -0.05) is 24.3 Å². The maximum absolute atomic E-state index is 13.6. The fraction of sp³-hybridized carbons (Fsp3) is 0.296. The van der Waals surface area contributed by atoms with Crippen LogP contribution < -0.4 is 10.1 Å². The highest BCUT2D eigenvalue weighted by Gasteiger charge is 2.30. The SMILES string of the molecule is COc1ccccc1NC(=O)c1nn2c(C)cc(C)nc2c1-c1ccc(C)c(S(=O)(=O)N2CCOCC2)c1. The molecular formula is C27H29N5O5S. The highest BCUT2D eigenvalue weighted by Crippen LogP contribution is 2.33. The number of morpholine rings is 1. The Hall–Kier alpha value is -3.80. The summed E-state index contributed by atoms with van der Waals surface area (Å²) in [5.74, 6) is 0.0377. The molecule has 2 aromatic heterocycles. The third-order valence-corrected chi connectivity index (χ3v) is 8.57. The number of carbonyl (C=O) groups excluding carboxylic acids is 1. The zero-order valence-electron chi connectivity index (χ0n) is 21.7. The predicted molar refractivity (Wildman–Crippen MR) is 143 cm³/mol. The van der Waals surface area contributed by atoms with Crippen molar-refractivity contribution in [3.63, 3.8) is 0 Å². The number of para-hydroxylation sites is 2. The van der Waals surface area contributed by atoms with Crippen molar-refractivity contribution in [3.8, 4) is 16.9 Å². The summed E-state index contributed by atoms with van der Waals surface area (Å²) in [5, 5.41) is 7.49. The topological polar surface area (TPSA) is 115 Å².